The molecule has 0 fully saturated rings. The Morgan fingerprint density at radius 2 is 2.22 bits per heavy atom. The van der Waals surface area contributed by atoms with Crippen LogP contribution in [0.1, 0.15) is 25.8 Å². The molecule has 0 radical (unpaired) electrons. The van der Waals surface area contributed by atoms with Crippen LogP contribution in [0.4, 0.5) is 4.79 Å². The van der Waals surface area contributed by atoms with Crippen molar-refractivity contribution in [2.24, 2.45) is 5.92 Å². The number of carboxylic acids is 1. The van der Waals surface area contributed by atoms with E-state index in [9.17, 15) is 9.59 Å². The quantitative estimate of drug-likeness (QED) is 0.740. The predicted molar refractivity (Wildman–Crippen MR) is 70.6 cm³/mol. The minimum Gasteiger partial charge on any atom is -0.480 e. The first-order valence-corrected chi connectivity index (χ1v) is 6.77. The largest absolute Gasteiger partial charge is 0.480 e. The lowest BCUT2D eigenvalue weighted by molar-refractivity contribution is -0.140. The summed E-state index contributed by atoms with van der Waals surface area (Å²) in [6.45, 7) is 4.10. The number of carbonyl (C=O) groups excluding carboxylic acids is 1. The number of thiophene rings is 1. The second-order valence-electron chi connectivity index (χ2n) is 4.16. The van der Waals surface area contributed by atoms with Crippen LogP contribution >= 0.6 is 11.3 Å². The van der Waals surface area contributed by atoms with Gasteiger partial charge in [0.1, 0.15) is 6.04 Å². The predicted octanol–water partition coefficient (Wildman–Crippen LogP) is 2.05. The van der Waals surface area contributed by atoms with Crippen LogP contribution < -0.4 is 10.6 Å². The molecule has 100 valence electrons. The van der Waals surface area contributed by atoms with Crippen LogP contribution in [0.5, 0.6) is 0 Å². The number of hydrogen-bond acceptors (Lipinski definition) is 3. The molecule has 0 aliphatic rings. The summed E-state index contributed by atoms with van der Waals surface area (Å²) in [5, 5.41) is 18.0. The third-order valence-electron chi connectivity index (χ3n) is 2.80. The fraction of sp³-hybridized carbons (Fsp3) is 0.500. The van der Waals surface area contributed by atoms with Crippen LogP contribution in [-0.4, -0.2) is 23.1 Å². The summed E-state index contributed by atoms with van der Waals surface area (Å²) in [5.41, 5.74) is 1.01. The van der Waals surface area contributed by atoms with Gasteiger partial charge in [-0.2, -0.15) is 11.3 Å². The summed E-state index contributed by atoms with van der Waals surface area (Å²) < 4.78 is 0. The Kier molecular flexibility index (Phi) is 5.64. The van der Waals surface area contributed by atoms with Crippen molar-refractivity contribution in [1.29, 1.82) is 0 Å². The Morgan fingerprint density at radius 3 is 2.72 bits per heavy atom. The van der Waals surface area contributed by atoms with Gasteiger partial charge >= 0.3 is 12.0 Å². The molecule has 6 heteroatoms. The van der Waals surface area contributed by atoms with E-state index in [1.807, 2.05) is 23.8 Å². The summed E-state index contributed by atoms with van der Waals surface area (Å²) in [4.78, 5) is 22.6. The third kappa shape index (κ3) is 4.37. The zero-order valence-electron chi connectivity index (χ0n) is 10.5. The minimum absolute atomic E-state index is 0.102. The van der Waals surface area contributed by atoms with Crippen molar-refractivity contribution in [3.8, 4) is 0 Å². The lowest BCUT2D eigenvalue weighted by atomic mass is 9.99. The zero-order valence-corrected chi connectivity index (χ0v) is 11.3. The number of hydrogen-bond donors (Lipinski definition) is 3. The molecule has 0 spiro atoms. The van der Waals surface area contributed by atoms with Crippen molar-refractivity contribution < 1.29 is 14.7 Å². The first-order valence-electron chi connectivity index (χ1n) is 5.82. The topological polar surface area (TPSA) is 78.4 Å². The first kappa shape index (κ1) is 14.5. The molecule has 0 aromatic carbocycles. The summed E-state index contributed by atoms with van der Waals surface area (Å²) in [6.07, 6.45) is 0.696. The molecule has 18 heavy (non-hydrogen) atoms. The number of aliphatic carboxylic acids is 1. The summed E-state index contributed by atoms with van der Waals surface area (Å²) in [5.74, 6) is -1.11. The van der Waals surface area contributed by atoms with E-state index in [1.165, 1.54) is 0 Å². The van der Waals surface area contributed by atoms with Gasteiger partial charge in [0, 0.05) is 6.54 Å². The molecule has 2 atom stereocenters. The molecule has 0 aliphatic heterocycles. The lowest BCUT2D eigenvalue weighted by Gasteiger charge is -2.20. The lowest BCUT2D eigenvalue weighted by Crippen LogP contribution is -2.48. The summed E-state index contributed by atoms with van der Waals surface area (Å²) in [7, 11) is 0. The highest BCUT2D eigenvalue weighted by atomic mass is 32.1. The highest BCUT2D eigenvalue weighted by Gasteiger charge is 2.24. The molecule has 1 aromatic heterocycles. The summed E-state index contributed by atoms with van der Waals surface area (Å²) in [6, 6.07) is 0.611. The van der Waals surface area contributed by atoms with Crippen molar-refractivity contribution in [3.05, 3.63) is 22.4 Å². The molecule has 0 bridgehead atoms. The van der Waals surface area contributed by atoms with Gasteiger partial charge in [0.15, 0.2) is 0 Å². The van der Waals surface area contributed by atoms with Gasteiger partial charge in [0.2, 0.25) is 0 Å². The Balaban J connectivity index is 2.44. The zero-order chi connectivity index (χ0) is 13.5. The van der Waals surface area contributed by atoms with Gasteiger partial charge in [0.25, 0.3) is 0 Å². The average molecular weight is 270 g/mol. The molecular formula is C12H18N2O3S. The van der Waals surface area contributed by atoms with Gasteiger partial charge in [-0.3, -0.25) is 0 Å². The van der Waals surface area contributed by atoms with E-state index in [1.54, 1.807) is 18.3 Å². The highest BCUT2D eigenvalue weighted by molar-refractivity contribution is 7.07. The molecule has 0 aliphatic carbocycles. The van der Waals surface area contributed by atoms with Gasteiger partial charge in [-0.1, -0.05) is 20.3 Å². The number of carbonyl (C=O) groups is 2. The van der Waals surface area contributed by atoms with E-state index in [0.29, 0.717) is 13.0 Å². The van der Waals surface area contributed by atoms with Crippen LogP contribution in [0.25, 0.3) is 0 Å². The molecule has 0 saturated heterocycles. The van der Waals surface area contributed by atoms with Gasteiger partial charge in [-0.05, 0) is 28.3 Å². The van der Waals surface area contributed by atoms with Crippen LogP contribution in [0.15, 0.2) is 16.8 Å². The smallest absolute Gasteiger partial charge is 0.326 e. The van der Waals surface area contributed by atoms with E-state index < -0.39 is 18.0 Å². The van der Waals surface area contributed by atoms with Gasteiger partial charge in [-0.15, -0.1) is 0 Å². The van der Waals surface area contributed by atoms with Crippen molar-refractivity contribution in [1.82, 2.24) is 10.6 Å². The second kappa shape index (κ2) is 7.00. The van der Waals surface area contributed by atoms with E-state index in [2.05, 4.69) is 10.6 Å². The molecule has 3 N–H and O–H groups in total. The molecule has 2 amide bonds. The van der Waals surface area contributed by atoms with Crippen molar-refractivity contribution in [2.45, 2.75) is 32.9 Å². The Morgan fingerprint density at radius 1 is 1.50 bits per heavy atom. The molecule has 1 heterocycles. The van der Waals surface area contributed by atoms with Gasteiger partial charge < -0.3 is 15.7 Å². The first-order chi connectivity index (χ1) is 8.54. The standard InChI is InChI=1S/C12H18N2O3S/c1-3-8(2)10(11(15)16)14-12(17)13-6-9-4-5-18-7-9/h4-5,7-8,10H,3,6H2,1-2H3,(H,15,16)(H2,13,14,17). The fourth-order valence-corrected chi connectivity index (χ4v) is 2.12. The van der Waals surface area contributed by atoms with Crippen LogP contribution in [-0.2, 0) is 11.3 Å². The summed E-state index contributed by atoms with van der Waals surface area (Å²) >= 11 is 1.55. The van der Waals surface area contributed by atoms with E-state index in [0.717, 1.165) is 5.56 Å². The monoisotopic (exact) mass is 270 g/mol. The number of nitrogens with one attached hydrogen (secondary N) is 2. The fourth-order valence-electron chi connectivity index (χ4n) is 1.45. The highest BCUT2D eigenvalue weighted by Crippen LogP contribution is 2.08. The molecule has 2 unspecified atom stereocenters. The second-order valence-corrected chi connectivity index (χ2v) is 4.94. The number of carboxylic acid groups (broad SMARTS) is 1. The minimum atomic E-state index is -1.00. The number of amides is 2. The Hall–Kier alpha value is -1.56. The molecule has 0 saturated carbocycles. The number of urea groups is 1. The Labute approximate surface area is 110 Å². The number of rotatable bonds is 6. The van der Waals surface area contributed by atoms with Crippen LogP contribution in [0, 0.1) is 5.92 Å². The van der Waals surface area contributed by atoms with Crippen LogP contribution in [0.3, 0.4) is 0 Å². The van der Waals surface area contributed by atoms with E-state index >= 15 is 0 Å². The SMILES string of the molecule is CCC(C)C(NC(=O)NCc1ccsc1)C(=O)O. The van der Waals surface area contributed by atoms with E-state index in [-0.39, 0.29) is 5.92 Å². The van der Waals surface area contributed by atoms with Gasteiger partial charge in [0.05, 0.1) is 0 Å². The van der Waals surface area contributed by atoms with Crippen LogP contribution in [0.2, 0.25) is 0 Å². The molecule has 1 rings (SSSR count). The average Bonchev–Trinajstić information content (AvgIpc) is 2.85. The maximum Gasteiger partial charge on any atom is 0.326 e. The van der Waals surface area contributed by atoms with E-state index in [4.69, 9.17) is 5.11 Å². The maximum absolute atomic E-state index is 11.6. The van der Waals surface area contributed by atoms with Crippen molar-refractivity contribution in [3.63, 3.8) is 0 Å². The van der Waals surface area contributed by atoms with Crippen molar-refractivity contribution in [2.75, 3.05) is 0 Å². The Bertz CT molecular complexity index is 392. The molecular weight excluding hydrogens is 252 g/mol. The van der Waals surface area contributed by atoms with Crippen molar-refractivity contribution >= 4 is 23.3 Å². The third-order valence-corrected chi connectivity index (χ3v) is 3.53. The normalized spacial score (nSPS) is 13.7. The molecule has 5 nitrogen and oxygen atoms in total. The molecule has 1 aromatic rings. The maximum atomic E-state index is 11.6. The van der Waals surface area contributed by atoms with Gasteiger partial charge in [-0.25, -0.2) is 9.59 Å².